The summed E-state index contributed by atoms with van der Waals surface area (Å²) < 4.78 is 29.0. The molecular formula is C17H26O6S2. The molecule has 4 atom stereocenters. The minimum atomic E-state index is -0.705. The first-order valence-corrected chi connectivity index (χ1v) is 10.00. The fraction of sp³-hybridized carbons (Fsp3) is 0.765. The molecule has 0 amide bonds. The van der Waals surface area contributed by atoms with E-state index in [9.17, 15) is 4.79 Å². The highest BCUT2D eigenvalue weighted by Gasteiger charge is 2.55. The summed E-state index contributed by atoms with van der Waals surface area (Å²) in [7, 11) is 0. The van der Waals surface area contributed by atoms with Crippen molar-refractivity contribution in [1.82, 2.24) is 0 Å². The van der Waals surface area contributed by atoms with Crippen LogP contribution in [0.4, 0.5) is 0 Å². The van der Waals surface area contributed by atoms with E-state index in [4.69, 9.17) is 35.9 Å². The second-order valence-electron chi connectivity index (χ2n) is 6.36. The number of rotatable bonds is 6. The van der Waals surface area contributed by atoms with Gasteiger partial charge < -0.3 is 23.7 Å². The Morgan fingerprint density at radius 2 is 2.08 bits per heavy atom. The highest BCUT2D eigenvalue weighted by molar-refractivity contribution is 8.22. The molecule has 0 aliphatic carbocycles. The highest BCUT2D eigenvalue weighted by atomic mass is 32.2. The van der Waals surface area contributed by atoms with Gasteiger partial charge in [-0.1, -0.05) is 17.8 Å². The van der Waals surface area contributed by atoms with E-state index in [1.165, 1.54) is 11.8 Å². The van der Waals surface area contributed by atoms with Gasteiger partial charge in [-0.15, -0.1) is 0 Å². The van der Waals surface area contributed by atoms with Crippen molar-refractivity contribution in [2.24, 2.45) is 0 Å². The van der Waals surface area contributed by atoms with E-state index >= 15 is 0 Å². The van der Waals surface area contributed by atoms with Crippen LogP contribution in [-0.2, 0) is 28.5 Å². The van der Waals surface area contributed by atoms with Gasteiger partial charge in [-0.3, -0.25) is 0 Å². The van der Waals surface area contributed by atoms with Crippen molar-refractivity contribution in [3.05, 3.63) is 11.6 Å². The lowest BCUT2D eigenvalue weighted by molar-refractivity contribution is -0.214. The molecular weight excluding hydrogens is 364 g/mol. The van der Waals surface area contributed by atoms with E-state index in [0.717, 1.165) is 0 Å². The van der Waals surface area contributed by atoms with Crippen molar-refractivity contribution in [1.29, 1.82) is 0 Å². The van der Waals surface area contributed by atoms with Crippen molar-refractivity contribution >= 4 is 34.3 Å². The van der Waals surface area contributed by atoms with Crippen LogP contribution in [0.5, 0.6) is 0 Å². The van der Waals surface area contributed by atoms with Gasteiger partial charge in [0.25, 0.3) is 0 Å². The van der Waals surface area contributed by atoms with E-state index < -0.39 is 12.1 Å². The molecule has 8 heteroatoms. The number of allylic oxidation sites excluding steroid dienone is 1. The van der Waals surface area contributed by atoms with Gasteiger partial charge in [-0.2, -0.15) is 0 Å². The Kier molecular flexibility index (Phi) is 7.28. The predicted molar refractivity (Wildman–Crippen MR) is 99.3 cm³/mol. The number of carbonyl (C=O) groups excluding carboxylic acids is 1. The second kappa shape index (κ2) is 8.81. The topological polar surface area (TPSA) is 63.2 Å². The summed E-state index contributed by atoms with van der Waals surface area (Å²) >= 11 is 6.57. The lowest BCUT2D eigenvalue weighted by atomic mass is 10.0. The standard InChI is InChI=1S/C17H26O6S2/c1-6-19-14(18)10(2)8-7-9-11-12(21-16(24)25-5)13-15(20-11)23-17(3,4)22-13/h8,11-13,15H,6-7,9H2,1-5H3/b10-8+/t11-,12+,13-,15-/m1/s1. The molecule has 6 nitrogen and oxygen atoms in total. The molecule has 0 N–H and O–H groups in total. The zero-order chi connectivity index (χ0) is 18.6. The molecule has 0 spiro atoms. The van der Waals surface area contributed by atoms with Crippen molar-refractivity contribution < 1.29 is 28.5 Å². The Balaban J connectivity index is 1.98. The van der Waals surface area contributed by atoms with E-state index in [2.05, 4.69) is 0 Å². The van der Waals surface area contributed by atoms with E-state index in [0.29, 0.717) is 29.4 Å². The number of hydrogen-bond acceptors (Lipinski definition) is 8. The second-order valence-corrected chi connectivity index (χ2v) is 7.77. The lowest BCUT2D eigenvalue weighted by Gasteiger charge is -2.26. The normalized spacial score (nSPS) is 30.8. The molecule has 0 aromatic rings. The summed E-state index contributed by atoms with van der Waals surface area (Å²) in [5.41, 5.74) is 0.589. The zero-order valence-electron chi connectivity index (χ0n) is 15.3. The third-order valence-corrected chi connectivity index (χ3v) is 5.01. The Labute approximate surface area is 158 Å². The molecule has 0 aromatic carbocycles. The van der Waals surface area contributed by atoms with Crippen LogP contribution < -0.4 is 0 Å². The molecule has 0 radical (unpaired) electrons. The van der Waals surface area contributed by atoms with Crippen molar-refractivity contribution in [3.8, 4) is 0 Å². The molecule has 2 saturated heterocycles. The van der Waals surface area contributed by atoms with Crippen molar-refractivity contribution in [2.45, 2.75) is 70.9 Å². The number of hydrogen-bond donors (Lipinski definition) is 0. The first-order chi connectivity index (χ1) is 11.8. The fourth-order valence-corrected chi connectivity index (χ4v) is 3.19. The van der Waals surface area contributed by atoms with Crippen LogP contribution in [0.25, 0.3) is 0 Å². The Morgan fingerprint density at radius 3 is 2.72 bits per heavy atom. The van der Waals surface area contributed by atoms with Crippen LogP contribution in [0.15, 0.2) is 11.6 Å². The van der Waals surface area contributed by atoms with Crippen LogP contribution in [0.3, 0.4) is 0 Å². The van der Waals surface area contributed by atoms with E-state index in [-0.39, 0.29) is 24.3 Å². The van der Waals surface area contributed by atoms with Crippen molar-refractivity contribution in [3.63, 3.8) is 0 Å². The van der Waals surface area contributed by atoms with Crippen LogP contribution in [-0.4, -0.2) is 53.6 Å². The average Bonchev–Trinajstić information content (AvgIpc) is 3.00. The van der Waals surface area contributed by atoms with Gasteiger partial charge in [0, 0.05) is 5.57 Å². The molecule has 142 valence electrons. The fourth-order valence-electron chi connectivity index (χ4n) is 2.87. The molecule has 2 aliphatic heterocycles. The first-order valence-electron chi connectivity index (χ1n) is 8.37. The van der Waals surface area contributed by atoms with Gasteiger partial charge in [0.1, 0.15) is 6.10 Å². The minimum Gasteiger partial charge on any atom is -0.469 e. The maximum Gasteiger partial charge on any atom is 0.333 e. The molecule has 0 saturated carbocycles. The number of thioether (sulfide) groups is 1. The smallest absolute Gasteiger partial charge is 0.333 e. The number of esters is 1. The maximum absolute atomic E-state index is 11.6. The van der Waals surface area contributed by atoms with E-state index in [1.54, 1.807) is 13.8 Å². The van der Waals surface area contributed by atoms with Crippen LogP contribution in [0.1, 0.15) is 40.5 Å². The summed E-state index contributed by atoms with van der Waals surface area (Å²) in [6, 6.07) is 0. The quantitative estimate of drug-likeness (QED) is 0.389. The molecule has 0 bridgehead atoms. The van der Waals surface area contributed by atoms with E-state index in [1.807, 2.05) is 26.2 Å². The summed E-state index contributed by atoms with van der Waals surface area (Å²) in [5.74, 6) is -1.000. The third-order valence-electron chi connectivity index (χ3n) is 3.99. The molecule has 25 heavy (non-hydrogen) atoms. The number of ether oxygens (including phenoxy) is 5. The summed E-state index contributed by atoms with van der Waals surface area (Å²) in [6.07, 6.45) is 3.70. The minimum absolute atomic E-state index is 0.220. The number of thiocarbonyl (C=S) groups is 1. The Morgan fingerprint density at radius 1 is 1.36 bits per heavy atom. The number of carbonyl (C=O) groups is 1. The van der Waals surface area contributed by atoms with Crippen molar-refractivity contribution in [2.75, 3.05) is 12.9 Å². The van der Waals surface area contributed by atoms with Crippen LogP contribution in [0, 0.1) is 0 Å². The largest absolute Gasteiger partial charge is 0.469 e. The molecule has 0 aromatic heterocycles. The lowest BCUT2D eigenvalue weighted by Crippen LogP contribution is -2.37. The molecule has 2 fully saturated rings. The Bertz CT molecular complexity index is 533. The molecule has 2 heterocycles. The van der Waals surface area contributed by atoms with Gasteiger partial charge in [0.15, 0.2) is 24.3 Å². The SMILES string of the molecule is CCOC(=O)/C(C)=C/CC[C@H]1O[C@@H]2OC(C)(C)O[C@@H]2[C@H]1OC(=S)SC. The third kappa shape index (κ3) is 5.40. The monoisotopic (exact) mass is 390 g/mol. The maximum atomic E-state index is 11.6. The summed E-state index contributed by atoms with van der Waals surface area (Å²) in [4.78, 5) is 11.6. The van der Waals surface area contributed by atoms with Crippen LogP contribution >= 0.6 is 24.0 Å². The van der Waals surface area contributed by atoms with Gasteiger partial charge >= 0.3 is 5.97 Å². The summed E-state index contributed by atoms with van der Waals surface area (Å²) in [6.45, 7) is 7.59. The molecule has 2 rings (SSSR count). The van der Waals surface area contributed by atoms with Gasteiger partial charge in [0.2, 0.25) is 4.38 Å². The van der Waals surface area contributed by atoms with Gasteiger partial charge in [-0.25, -0.2) is 4.79 Å². The van der Waals surface area contributed by atoms with Gasteiger partial charge in [-0.05, 0) is 59.0 Å². The average molecular weight is 391 g/mol. The zero-order valence-corrected chi connectivity index (χ0v) is 16.9. The number of fused-ring (bicyclic) bond motifs is 1. The predicted octanol–water partition coefficient (Wildman–Crippen LogP) is 3.19. The molecule has 0 unspecified atom stereocenters. The first kappa shape index (κ1) is 20.6. The van der Waals surface area contributed by atoms with Gasteiger partial charge in [0.05, 0.1) is 6.61 Å². The van der Waals surface area contributed by atoms with Crippen LogP contribution in [0.2, 0.25) is 0 Å². The highest BCUT2D eigenvalue weighted by Crippen LogP contribution is 2.40. The summed E-state index contributed by atoms with van der Waals surface area (Å²) in [5, 5.41) is 0. The molecule has 2 aliphatic rings. The Hall–Kier alpha value is -0.670.